The number of anilines is 2. The first-order valence-electron chi connectivity index (χ1n) is 22.0. The number of carboxylic acid groups (broad SMARTS) is 1. The molecule has 1 saturated carbocycles. The van der Waals surface area contributed by atoms with Crippen LogP contribution in [0.25, 0.3) is 22.3 Å². The summed E-state index contributed by atoms with van der Waals surface area (Å²) in [5.74, 6) is -2.40. The number of sulfonamides is 1. The normalized spacial score (nSPS) is 22.4. The second-order valence-electron chi connectivity index (χ2n) is 18.1. The van der Waals surface area contributed by atoms with Gasteiger partial charge in [-0.25, -0.2) is 32.9 Å². The number of carbonyl (C=O) groups is 4. The minimum Gasteiger partial charge on any atom is -0.497 e. The van der Waals surface area contributed by atoms with Crippen molar-refractivity contribution in [2.45, 2.75) is 120 Å². The van der Waals surface area contributed by atoms with E-state index >= 15 is 0 Å². The summed E-state index contributed by atoms with van der Waals surface area (Å²) < 4.78 is 48.2. The highest BCUT2D eigenvalue weighted by atomic mass is 32.2. The molecule has 5 N–H and O–H groups in total. The molecule has 3 amide bonds. The van der Waals surface area contributed by atoms with Crippen LogP contribution in [-0.2, 0) is 29.1 Å². The van der Waals surface area contributed by atoms with E-state index in [-0.39, 0.29) is 36.0 Å². The maximum atomic E-state index is 14.5. The Morgan fingerprint density at radius 1 is 1.02 bits per heavy atom. The highest BCUT2D eigenvalue weighted by molar-refractivity contribution is 7.90. The molecule has 5 atom stereocenters. The van der Waals surface area contributed by atoms with Gasteiger partial charge in [0.1, 0.15) is 51.4 Å². The first kappa shape index (κ1) is 48.0. The SMILES string of the molecule is C=CC1CC1(NC(=O)[C@@H]1C[C@@H](Oc2cc(-c3csc(NC(C)C)n3)nc3cc(OC)ccc23)CN1C(=O)OC(C)(C)C)C(=O)NS(=O)(=O)c1ccccc1NN1CCCCCCC1C(=O)O. The lowest BCUT2D eigenvalue weighted by atomic mass is 10.0. The second-order valence-corrected chi connectivity index (χ2v) is 20.7. The van der Waals surface area contributed by atoms with Gasteiger partial charge in [0.2, 0.25) is 5.91 Å². The van der Waals surface area contributed by atoms with Crippen molar-refractivity contribution < 1.29 is 46.9 Å². The Hall–Kier alpha value is -5.99. The summed E-state index contributed by atoms with van der Waals surface area (Å²) in [6, 6.07) is 11.1. The Kier molecular flexibility index (Phi) is 14.1. The molecular weight excluding hydrogens is 889 g/mol. The Labute approximate surface area is 388 Å². The number of carbonyl (C=O) groups excluding carboxylic acids is 3. The highest BCUT2D eigenvalue weighted by Gasteiger charge is 2.61. The zero-order valence-corrected chi connectivity index (χ0v) is 39.6. The summed E-state index contributed by atoms with van der Waals surface area (Å²) in [4.78, 5) is 65.4. The largest absolute Gasteiger partial charge is 0.497 e. The topological polar surface area (TPSA) is 231 Å². The molecule has 2 saturated heterocycles. The fourth-order valence-corrected chi connectivity index (χ4v) is 10.3. The molecule has 2 aliphatic heterocycles. The predicted molar refractivity (Wildman–Crippen MR) is 250 cm³/mol. The predicted octanol–water partition coefficient (Wildman–Crippen LogP) is 6.56. The zero-order chi connectivity index (χ0) is 47.6. The molecule has 354 valence electrons. The lowest BCUT2D eigenvalue weighted by Gasteiger charge is -2.32. The van der Waals surface area contributed by atoms with Gasteiger partial charge in [0.05, 0.1) is 30.6 Å². The van der Waals surface area contributed by atoms with Gasteiger partial charge in [0, 0.05) is 47.8 Å². The molecule has 18 nitrogen and oxygen atoms in total. The van der Waals surface area contributed by atoms with Gasteiger partial charge in [-0.05, 0) is 78.1 Å². The van der Waals surface area contributed by atoms with E-state index < -0.39 is 69.1 Å². The minimum atomic E-state index is -4.61. The number of nitrogens with one attached hydrogen (secondary N) is 4. The van der Waals surface area contributed by atoms with Crippen LogP contribution in [0, 0.1) is 5.92 Å². The summed E-state index contributed by atoms with van der Waals surface area (Å²) in [5.41, 5.74) is 2.16. The number of aliphatic carboxylic acids is 1. The van der Waals surface area contributed by atoms with Gasteiger partial charge in [-0.1, -0.05) is 37.5 Å². The van der Waals surface area contributed by atoms with Crippen LogP contribution < -0.4 is 30.3 Å². The van der Waals surface area contributed by atoms with Gasteiger partial charge in [-0.3, -0.25) is 19.3 Å². The maximum Gasteiger partial charge on any atom is 0.411 e. The smallest absolute Gasteiger partial charge is 0.411 e. The van der Waals surface area contributed by atoms with Crippen molar-refractivity contribution in [2.24, 2.45) is 5.92 Å². The molecule has 0 radical (unpaired) electrons. The van der Waals surface area contributed by atoms with E-state index in [1.807, 2.05) is 25.3 Å². The van der Waals surface area contributed by atoms with Crippen LogP contribution in [0.5, 0.6) is 11.5 Å². The standard InChI is InChI=1S/C46H58N8O10S2/c1-8-28-24-46(28,42(58)52-66(60,61)39-17-13-12-15-32(39)51-54-20-14-10-9-11-16-36(54)41(56)57)50-40(55)37-22-30(25-53(37)44(59)64-45(4,5)6)63-38-23-34(35-26-65-43(49-35)47-27(2)3)48-33-21-29(62-7)18-19-31(33)38/h8,12-13,15,17-19,21,23,26-28,30,36-37,51H,1,9-11,14,16,20,22,24-25H2,2-7H3,(H,47,49)(H,50,55)(H,52,58)(H,56,57)/t28?,30-,36?,37+,46?/m1/s1. The van der Waals surface area contributed by atoms with Crippen LogP contribution in [0.15, 0.2) is 71.5 Å². The van der Waals surface area contributed by atoms with Crippen molar-refractivity contribution in [3.63, 3.8) is 0 Å². The van der Waals surface area contributed by atoms with Crippen LogP contribution >= 0.6 is 11.3 Å². The lowest BCUT2D eigenvalue weighted by Crippen LogP contribution is -2.56. The van der Waals surface area contributed by atoms with E-state index in [1.165, 1.54) is 45.5 Å². The number of para-hydroxylation sites is 1. The van der Waals surface area contributed by atoms with Crippen LogP contribution in [0.1, 0.15) is 79.6 Å². The summed E-state index contributed by atoms with van der Waals surface area (Å²) in [6.45, 7) is 13.3. The number of hydrazine groups is 1. The first-order valence-corrected chi connectivity index (χ1v) is 24.4. The van der Waals surface area contributed by atoms with E-state index in [0.29, 0.717) is 59.6 Å². The van der Waals surface area contributed by atoms with E-state index in [2.05, 4.69) is 27.4 Å². The van der Waals surface area contributed by atoms with Crippen LogP contribution in [-0.4, -0.2) is 113 Å². The monoisotopic (exact) mass is 946 g/mol. The molecule has 2 aromatic carbocycles. The lowest BCUT2D eigenvalue weighted by molar-refractivity contribution is -0.143. The molecule has 4 aromatic rings. The van der Waals surface area contributed by atoms with Crippen molar-refractivity contribution in [2.75, 3.05) is 30.9 Å². The maximum absolute atomic E-state index is 14.5. The number of rotatable bonds is 15. The van der Waals surface area contributed by atoms with Crippen molar-refractivity contribution in [3.8, 4) is 22.9 Å². The molecule has 4 heterocycles. The molecule has 3 fully saturated rings. The zero-order valence-electron chi connectivity index (χ0n) is 38.0. The Morgan fingerprint density at radius 2 is 1.77 bits per heavy atom. The van der Waals surface area contributed by atoms with E-state index in [9.17, 15) is 32.7 Å². The van der Waals surface area contributed by atoms with Gasteiger partial charge < -0.3 is 35.4 Å². The number of hydrogen-bond donors (Lipinski definition) is 5. The Balaban J connectivity index is 1.14. The van der Waals surface area contributed by atoms with Crippen LogP contribution in [0.2, 0.25) is 0 Å². The molecule has 66 heavy (non-hydrogen) atoms. The quantitative estimate of drug-likeness (QED) is 0.0795. The Morgan fingerprint density at radius 3 is 2.47 bits per heavy atom. The average molecular weight is 947 g/mol. The van der Waals surface area contributed by atoms with Gasteiger partial charge in [0.25, 0.3) is 15.9 Å². The summed E-state index contributed by atoms with van der Waals surface area (Å²) in [5, 5.41) is 20.9. The van der Waals surface area contributed by atoms with Crippen molar-refractivity contribution in [3.05, 3.63) is 66.6 Å². The fourth-order valence-electron chi connectivity index (χ4n) is 8.30. The number of fused-ring (bicyclic) bond motifs is 1. The number of methoxy groups -OCH3 is 1. The van der Waals surface area contributed by atoms with Crippen molar-refractivity contribution in [1.82, 2.24) is 29.9 Å². The number of thiazole rings is 1. The van der Waals surface area contributed by atoms with Gasteiger partial charge in [0.15, 0.2) is 5.13 Å². The number of amides is 3. The molecule has 0 bridgehead atoms. The molecule has 3 unspecified atom stereocenters. The molecule has 1 aliphatic carbocycles. The van der Waals surface area contributed by atoms with Crippen LogP contribution in [0.3, 0.4) is 0 Å². The van der Waals surface area contributed by atoms with Gasteiger partial charge >= 0.3 is 12.1 Å². The number of benzene rings is 2. The van der Waals surface area contributed by atoms with E-state index in [1.54, 1.807) is 52.1 Å². The first-order chi connectivity index (χ1) is 31.3. The molecule has 3 aliphatic rings. The molecule has 2 aromatic heterocycles. The third-order valence-electron chi connectivity index (χ3n) is 11.7. The number of pyridine rings is 1. The average Bonchev–Trinajstić information content (AvgIpc) is 3.50. The summed E-state index contributed by atoms with van der Waals surface area (Å²) in [7, 11) is -3.05. The number of nitrogens with zero attached hydrogens (tertiary/aromatic N) is 4. The number of likely N-dealkylation sites (tertiary alicyclic amines) is 1. The van der Waals surface area contributed by atoms with Crippen molar-refractivity contribution in [1.29, 1.82) is 0 Å². The van der Waals surface area contributed by atoms with Gasteiger partial charge in [-0.2, -0.15) is 0 Å². The van der Waals surface area contributed by atoms with Crippen LogP contribution in [0.4, 0.5) is 15.6 Å². The number of aromatic nitrogens is 2. The minimum absolute atomic E-state index is 0.0127. The summed E-state index contributed by atoms with van der Waals surface area (Å²) in [6.07, 6.45) is 3.54. The fraction of sp³-hybridized carbons (Fsp3) is 0.478. The number of ether oxygens (including phenoxy) is 3. The van der Waals surface area contributed by atoms with Crippen molar-refractivity contribution >= 4 is 67.0 Å². The third-order valence-corrected chi connectivity index (χ3v) is 13.8. The van der Waals surface area contributed by atoms with E-state index in [4.69, 9.17) is 24.2 Å². The number of carboxylic acids is 1. The highest BCUT2D eigenvalue weighted by Crippen LogP contribution is 2.45. The van der Waals surface area contributed by atoms with Gasteiger partial charge in [-0.15, -0.1) is 17.9 Å². The molecule has 7 rings (SSSR count). The number of hydrogen-bond acceptors (Lipinski definition) is 15. The summed E-state index contributed by atoms with van der Waals surface area (Å²) >= 11 is 1.44. The Bertz CT molecular complexity index is 2600. The third kappa shape index (κ3) is 10.8. The van der Waals surface area contributed by atoms with E-state index in [0.717, 1.165) is 18.0 Å². The molecule has 20 heteroatoms. The molecule has 0 spiro atoms. The molecular formula is C46H58N8O10S2. The second kappa shape index (κ2) is 19.5.